The summed E-state index contributed by atoms with van der Waals surface area (Å²) < 4.78 is 24.6. The summed E-state index contributed by atoms with van der Waals surface area (Å²) in [6.07, 6.45) is 1.29. The van der Waals surface area contributed by atoms with Gasteiger partial charge in [-0.05, 0) is 13.0 Å². The molecule has 1 aromatic heterocycles. The fraction of sp³-hybridized carbons (Fsp3) is 0.444. The third-order valence-corrected chi connectivity index (χ3v) is 4.01. The number of hydrogen-bond donors (Lipinski definition) is 1. The highest BCUT2D eigenvalue weighted by atomic mass is 35.5. The van der Waals surface area contributed by atoms with Gasteiger partial charge in [0.25, 0.3) is 0 Å². The molecule has 0 unspecified atom stereocenters. The minimum absolute atomic E-state index is 0.0872. The lowest BCUT2D eigenvalue weighted by molar-refractivity contribution is 0.520. The van der Waals surface area contributed by atoms with Crippen LogP contribution in [0.25, 0.3) is 0 Å². The van der Waals surface area contributed by atoms with Gasteiger partial charge in [-0.15, -0.1) is 0 Å². The molecule has 1 rings (SSSR count). The number of nitrogens with one attached hydrogen (secondary N) is 1. The van der Waals surface area contributed by atoms with Gasteiger partial charge < -0.3 is 5.32 Å². The van der Waals surface area contributed by atoms with E-state index in [9.17, 15) is 8.42 Å². The van der Waals surface area contributed by atoms with Crippen LogP contribution in [0.3, 0.4) is 0 Å². The summed E-state index contributed by atoms with van der Waals surface area (Å²) >= 11 is 5.91. The predicted molar refractivity (Wildman–Crippen MR) is 64.3 cm³/mol. The fourth-order valence-corrected chi connectivity index (χ4v) is 2.24. The van der Waals surface area contributed by atoms with Crippen LogP contribution in [0.1, 0.15) is 6.92 Å². The molecule has 0 amide bonds. The van der Waals surface area contributed by atoms with Crippen molar-refractivity contribution in [3.63, 3.8) is 0 Å². The molecule has 0 fully saturated rings. The molecule has 0 aromatic carbocycles. The van der Waals surface area contributed by atoms with Crippen molar-refractivity contribution in [2.75, 3.05) is 26.0 Å². The maximum atomic E-state index is 11.8. The van der Waals surface area contributed by atoms with Crippen LogP contribution in [0.5, 0.6) is 0 Å². The van der Waals surface area contributed by atoms with Crippen LogP contribution in [0.15, 0.2) is 17.2 Å². The van der Waals surface area contributed by atoms with Crippen molar-refractivity contribution in [3.8, 4) is 0 Å². The zero-order chi connectivity index (χ0) is 12.3. The zero-order valence-electron chi connectivity index (χ0n) is 9.36. The number of halogens is 1. The lowest BCUT2D eigenvalue weighted by atomic mass is 10.4. The second-order valence-electron chi connectivity index (χ2n) is 3.32. The molecule has 0 bridgehead atoms. The van der Waals surface area contributed by atoms with Gasteiger partial charge in [0.05, 0.1) is 5.02 Å². The van der Waals surface area contributed by atoms with Gasteiger partial charge in [0.2, 0.25) is 10.0 Å². The van der Waals surface area contributed by atoms with Crippen molar-refractivity contribution < 1.29 is 8.42 Å². The molecule has 1 aromatic rings. The standard InChI is InChI=1S/C9H14ClN3O2S/c1-4-11-9-8(10)5-7(6-12-9)16(14,15)13(2)3/h5-6H,4H2,1-3H3,(H,11,12). The first-order valence-electron chi connectivity index (χ1n) is 4.71. The Morgan fingerprint density at radius 2 is 2.12 bits per heavy atom. The minimum Gasteiger partial charge on any atom is -0.369 e. The average Bonchev–Trinajstić information content (AvgIpc) is 2.21. The zero-order valence-corrected chi connectivity index (χ0v) is 10.9. The van der Waals surface area contributed by atoms with Crippen molar-refractivity contribution in [1.82, 2.24) is 9.29 Å². The molecule has 0 saturated heterocycles. The minimum atomic E-state index is -3.47. The van der Waals surface area contributed by atoms with Crippen LogP contribution < -0.4 is 5.32 Å². The molecular formula is C9H14ClN3O2S. The number of pyridine rings is 1. The summed E-state index contributed by atoms with van der Waals surface area (Å²) in [6, 6.07) is 1.39. The van der Waals surface area contributed by atoms with Gasteiger partial charge in [0.15, 0.2) is 0 Å². The molecule has 7 heteroatoms. The van der Waals surface area contributed by atoms with Gasteiger partial charge >= 0.3 is 0 Å². The largest absolute Gasteiger partial charge is 0.369 e. The van der Waals surface area contributed by atoms with E-state index in [4.69, 9.17) is 11.6 Å². The number of hydrogen-bond acceptors (Lipinski definition) is 4. The van der Waals surface area contributed by atoms with Gasteiger partial charge in [0, 0.05) is 26.8 Å². The van der Waals surface area contributed by atoms with E-state index in [1.807, 2.05) is 6.92 Å². The summed E-state index contributed by atoms with van der Waals surface area (Å²) in [5, 5.41) is 3.23. The van der Waals surface area contributed by atoms with Crippen molar-refractivity contribution in [2.24, 2.45) is 0 Å². The SMILES string of the molecule is CCNc1ncc(S(=O)(=O)N(C)C)cc1Cl. The van der Waals surface area contributed by atoms with Crippen LogP contribution in [-0.4, -0.2) is 38.3 Å². The second-order valence-corrected chi connectivity index (χ2v) is 5.88. The third-order valence-electron chi connectivity index (χ3n) is 1.94. The first kappa shape index (κ1) is 13.2. The quantitative estimate of drug-likeness (QED) is 0.892. The molecule has 1 heterocycles. The average molecular weight is 264 g/mol. The van der Waals surface area contributed by atoms with Gasteiger partial charge in [-0.2, -0.15) is 0 Å². The Morgan fingerprint density at radius 1 is 1.50 bits per heavy atom. The van der Waals surface area contributed by atoms with E-state index in [1.54, 1.807) is 0 Å². The first-order valence-corrected chi connectivity index (χ1v) is 6.53. The summed E-state index contributed by atoms with van der Waals surface area (Å²) in [7, 11) is -0.553. The number of aromatic nitrogens is 1. The van der Waals surface area contributed by atoms with Crippen LogP contribution in [0, 0.1) is 0 Å². The molecule has 1 N–H and O–H groups in total. The third kappa shape index (κ3) is 2.63. The molecule has 5 nitrogen and oxygen atoms in total. The van der Waals surface area contributed by atoms with Crippen LogP contribution >= 0.6 is 11.6 Å². The molecule has 0 aliphatic carbocycles. The van der Waals surface area contributed by atoms with E-state index in [0.717, 1.165) is 4.31 Å². The van der Waals surface area contributed by atoms with Crippen LogP contribution in [-0.2, 0) is 10.0 Å². The molecule has 0 aliphatic rings. The number of nitrogens with zero attached hydrogens (tertiary/aromatic N) is 2. The monoisotopic (exact) mass is 263 g/mol. The van der Waals surface area contributed by atoms with Crippen LogP contribution in [0.4, 0.5) is 5.82 Å². The Bertz CT molecular complexity index is 474. The Balaban J connectivity index is 3.16. The Kier molecular flexibility index (Phi) is 4.12. The molecule has 0 atom stereocenters. The van der Waals surface area contributed by atoms with Crippen LogP contribution in [0.2, 0.25) is 5.02 Å². The molecule has 0 radical (unpaired) electrons. The van der Waals surface area contributed by atoms with E-state index in [2.05, 4.69) is 10.3 Å². The second kappa shape index (κ2) is 4.99. The molecular weight excluding hydrogens is 250 g/mol. The highest BCUT2D eigenvalue weighted by Gasteiger charge is 2.18. The maximum absolute atomic E-state index is 11.8. The number of anilines is 1. The Labute approximate surface area is 100 Å². The predicted octanol–water partition coefficient (Wildman–Crippen LogP) is 1.42. The summed E-state index contributed by atoms with van der Waals surface area (Å²) in [4.78, 5) is 4.05. The molecule has 90 valence electrons. The van der Waals surface area contributed by atoms with Gasteiger partial charge in [-0.3, -0.25) is 0 Å². The highest BCUT2D eigenvalue weighted by molar-refractivity contribution is 7.89. The normalized spacial score (nSPS) is 11.8. The van der Waals surface area contributed by atoms with Crippen molar-refractivity contribution in [3.05, 3.63) is 17.3 Å². The van der Waals surface area contributed by atoms with E-state index in [0.29, 0.717) is 17.4 Å². The van der Waals surface area contributed by atoms with Crippen molar-refractivity contribution in [1.29, 1.82) is 0 Å². The first-order chi connectivity index (χ1) is 7.39. The molecule has 16 heavy (non-hydrogen) atoms. The lowest BCUT2D eigenvalue weighted by Crippen LogP contribution is -2.22. The fourth-order valence-electron chi connectivity index (χ4n) is 1.07. The number of rotatable bonds is 4. The van der Waals surface area contributed by atoms with Gasteiger partial charge in [-0.1, -0.05) is 11.6 Å². The lowest BCUT2D eigenvalue weighted by Gasteiger charge is -2.12. The maximum Gasteiger partial charge on any atom is 0.244 e. The van der Waals surface area contributed by atoms with E-state index >= 15 is 0 Å². The van der Waals surface area contributed by atoms with E-state index in [-0.39, 0.29) is 4.90 Å². The summed E-state index contributed by atoms with van der Waals surface area (Å²) in [6.45, 7) is 2.58. The Morgan fingerprint density at radius 3 is 2.56 bits per heavy atom. The van der Waals surface area contributed by atoms with Crippen molar-refractivity contribution >= 4 is 27.4 Å². The topological polar surface area (TPSA) is 62.3 Å². The molecule has 0 spiro atoms. The van der Waals surface area contributed by atoms with Gasteiger partial charge in [0.1, 0.15) is 10.7 Å². The van der Waals surface area contributed by atoms with Crippen molar-refractivity contribution in [2.45, 2.75) is 11.8 Å². The van der Waals surface area contributed by atoms with E-state index < -0.39 is 10.0 Å². The van der Waals surface area contributed by atoms with E-state index in [1.165, 1.54) is 26.4 Å². The summed E-state index contributed by atoms with van der Waals surface area (Å²) in [5.41, 5.74) is 0. The summed E-state index contributed by atoms with van der Waals surface area (Å²) in [5.74, 6) is 0.488. The number of sulfonamides is 1. The smallest absolute Gasteiger partial charge is 0.244 e. The Hall–Kier alpha value is -0.850. The molecule has 0 saturated carbocycles. The highest BCUT2D eigenvalue weighted by Crippen LogP contribution is 2.23. The molecule has 0 aliphatic heterocycles. The van der Waals surface area contributed by atoms with Gasteiger partial charge in [-0.25, -0.2) is 17.7 Å².